The molecule has 0 radical (unpaired) electrons. The summed E-state index contributed by atoms with van der Waals surface area (Å²) in [4.78, 5) is 24.1. The van der Waals surface area contributed by atoms with Crippen LogP contribution >= 0.6 is 0 Å². The summed E-state index contributed by atoms with van der Waals surface area (Å²) in [5.41, 5.74) is -1.34. The number of carboxylic acid groups (broad SMARTS) is 1. The van der Waals surface area contributed by atoms with Gasteiger partial charge in [0.1, 0.15) is 15.4 Å². The number of aliphatic carboxylic acids is 1. The van der Waals surface area contributed by atoms with E-state index in [4.69, 9.17) is 5.11 Å². The first-order chi connectivity index (χ1) is 8.52. The molecule has 0 aromatic rings. The van der Waals surface area contributed by atoms with Gasteiger partial charge in [0.05, 0.1) is 5.75 Å². The largest absolute Gasteiger partial charge is 0.480 e. The first-order valence-electron chi connectivity index (χ1n) is 5.96. The molecule has 0 saturated carbocycles. The highest BCUT2D eigenvalue weighted by Crippen LogP contribution is 2.13. The van der Waals surface area contributed by atoms with Crippen molar-refractivity contribution in [1.29, 1.82) is 0 Å². The van der Waals surface area contributed by atoms with Gasteiger partial charge >= 0.3 is 12.0 Å². The van der Waals surface area contributed by atoms with Crippen LogP contribution < -0.4 is 5.32 Å². The van der Waals surface area contributed by atoms with Crippen molar-refractivity contribution in [3.63, 3.8) is 0 Å². The Morgan fingerprint density at radius 2 is 1.89 bits per heavy atom. The van der Waals surface area contributed by atoms with E-state index in [0.29, 0.717) is 12.8 Å². The van der Waals surface area contributed by atoms with Crippen molar-refractivity contribution in [3.8, 4) is 0 Å². The molecule has 0 fully saturated rings. The van der Waals surface area contributed by atoms with Gasteiger partial charge in [-0.2, -0.15) is 0 Å². The average Bonchev–Trinajstić information content (AvgIpc) is 2.24. The summed E-state index contributed by atoms with van der Waals surface area (Å²) in [6, 6.07) is -0.595. The van der Waals surface area contributed by atoms with E-state index >= 15 is 0 Å². The molecule has 0 aromatic heterocycles. The minimum atomic E-state index is -3.16. The van der Waals surface area contributed by atoms with E-state index in [-0.39, 0.29) is 12.3 Å². The van der Waals surface area contributed by atoms with Gasteiger partial charge in [-0.25, -0.2) is 18.0 Å². The Kier molecular flexibility index (Phi) is 6.28. The van der Waals surface area contributed by atoms with Crippen molar-refractivity contribution in [1.82, 2.24) is 10.2 Å². The molecule has 0 bridgehead atoms. The Hall–Kier alpha value is -1.31. The number of amides is 2. The van der Waals surface area contributed by atoms with Gasteiger partial charge in [0.15, 0.2) is 0 Å². The third-order valence-corrected chi connectivity index (χ3v) is 3.67. The van der Waals surface area contributed by atoms with Crippen molar-refractivity contribution in [2.75, 3.05) is 25.6 Å². The van der Waals surface area contributed by atoms with Gasteiger partial charge in [0, 0.05) is 19.8 Å². The zero-order chi connectivity index (χ0) is 15.3. The first-order valence-corrected chi connectivity index (χ1v) is 8.02. The summed E-state index contributed by atoms with van der Waals surface area (Å²) in [7, 11) is -1.74. The smallest absolute Gasteiger partial charge is 0.329 e. The van der Waals surface area contributed by atoms with E-state index in [1.165, 1.54) is 14.0 Å². The fourth-order valence-electron chi connectivity index (χ4n) is 1.46. The van der Waals surface area contributed by atoms with Crippen LogP contribution in [0.2, 0.25) is 0 Å². The maximum atomic E-state index is 11.8. The number of nitrogens with one attached hydrogen (secondary N) is 1. The molecule has 0 spiro atoms. The Morgan fingerprint density at radius 3 is 2.26 bits per heavy atom. The van der Waals surface area contributed by atoms with Gasteiger partial charge < -0.3 is 15.3 Å². The minimum Gasteiger partial charge on any atom is -0.480 e. The monoisotopic (exact) mass is 294 g/mol. The van der Waals surface area contributed by atoms with Crippen LogP contribution in [0.15, 0.2) is 0 Å². The summed E-state index contributed by atoms with van der Waals surface area (Å²) in [6.45, 7) is 3.27. The van der Waals surface area contributed by atoms with Crippen LogP contribution in [0, 0.1) is 0 Å². The second kappa shape index (κ2) is 6.74. The summed E-state index contributed by atoms with van der Waals surface area (Å²) in [6.07, 6.45) is 1.99. The van der Waals surface area contributed by atoms with E-state index in [9.17, 15) is 18.0 Å². The van der Waals surface area contributed by atoms with E-state index in [1.807, 2.05) is 6.92 Å². The number of nitrogens with zero attached hydrogens (tertiary/aromatic N) is 1. The SMILES string of the molecule is CCCC(C)(NC(=O)N(C)CCS(C)(=O)=O)C(=O)O. The van der Waals surface area contributed by atoms with Crippen LogP contribution in [-0.2, 0) is 14.6 Å². The predicted molar refractivity (Wildman–Crippen MR) is 71.8 cm³/mol. The van der Waals surface area contributed by atoms with Gasteiger partial charge in [0.25, 0.3) is 0 Å². The van der Waals surface area contributed by atoms with Crippen LogP contribution in [0.25, 0.3) is 0 Å². The zero-order valence-corrected chi connectivity index (χ0v) is 12.6. The fourth-order valence-corrected chi connectivity index (χ4v) is 2.06. The number of sulfone groups is 1. The highest BCUT2D eigenvalue weighted by molar-refractivity contribution is 7.90. The molecule has 1 unspecified atom stereocenters. The molecule has 2 amide bonds. The van der Waals surface area contributed by atoms with Gasteiger partial charge in [-0.05, 0) is 13.3 Å². The third kappa shape index (κ3) is 6.42. The summed E-state index contributed by atoms with van der Waals surface area (Å²) in [5.74, 6) is -1.27. The van der Waals surface area contributed by atoms with Gasteiger partial charge in [-0.3, -0.25) is 0 Å². The topological polar surface area (TPSA) is 104 Å². The fraction of sp³-hybridized carbons (Fsp3) is 0.818. The van der Waals surface area contributed by atoms with Crippen LogP contribution in [0.4, 0.5) is 4.79 Å². The zero-order valence-electron chi connectivity index (χ0n) is 11.8. The van der Waals surface area contributed by atoms with Crippen LogP contribution in [0.3, 0.4) is 0 Å². The molecule has 0 heterocycles. The molecule has 0 rings (SSSR count). The predicted octanol–water partition coefficient (Wildman–Crippen LogP) is 0.316. The molecular weight excluding hydrogens is 272 g/mol. The van der Waals surface area contributed by atoms with E-state index in [0.717, 1.165) is 11.2 Å². The molecule has 0 aromatic carbocycles. The summed E-state index contributed by atoms with van der Waals surface area (Å²) >= 11 is 0. The lowest BCUT2D eigenvalue weighted by Crippen LogP contribution is -2.55. The molecule has 0 saturated heterocycles. The number of hydrogen-bond acceptors (Lipinski definition) is 4. The van der Waals surface area contributed by atoms with Gasteiger partial charge in [-0.1, -0.05) is 13.3 Å². The van der Waals surface area contributed by atoms with Crippen molar-refractivity contribution in [2.24, 2.45) is 0 Å². The molecule has 7 nitrogen and oxygen atoms in total. The Morgan fingerprint density at radius 1 is 1.37 bits per heavy atom. The Labute approximate surface area is 113 Å². The number of rotatable bonds is 7. The Bertz CT molecular complexity index is 434. The van der Waals surface area contributed by atoms with Crippen LogP contribution in [-0.4, -0.2) is 61.6 Å². The third-order valence-electron chi connectivity index (χ3n) is 2.75. The number of carbonyl (C=O) groups is 2. The lowest BCUT2D eigenvalue weighted by atomic mass is 9.96. The molecule has 0 aliphatic heterocycles. The molecule has 1 atom stereocenters. The molecule has 8 heteroatoms. The maximum Gasteiger partial charge on any atom is 0.329 e. The van der Waals surface area contributed by atoms with E-state index in [1.54, 1.807) is 0 Å². The highest BCUT2D eigenvalue weighted by Gasteiger charge is 2.34. The van der Waals surface area contributed by atoms with Crippen LogP contribution in [0.1, 0.15) is 26.7 Å². The molecule has 0 aliphatic carbocycles. The summed E-state index contributed by atoms with van der Waals surface area (Å²) < 4.78 is 22.0. The van der Waals surface area contributed by atoms with E-state index < -0.39 is 27.4 Å². The van der Waals surface area contributed by atoms with Crippen molar-refractivity contribution in [2.45, 2.75) is 32.2 Å². The Balaban J connectivity index is 4.61. The number of urea groups is 1. The first kappa shape index (κ1) is 17.7. The number of carbonyl (C=O) groups excluding carboxylic acids is 1. The molecule has 2 N–H and O–H groups in total. The quantitative estimate of drug-likeness (QED) is 0.703. The number of carboxylic acids is 1. The van der Waals surface area contributed by atoms with Gasteiger partial charge in [-0.15, -0.1) is 0 Å². The molecule has 0 aliphatic rings. The standard InChI is InChI=1S/C11H22N2O5S/c1-5-6-11(2,9(14)15)12-10(16)13(3)7-8-19(4,17)18/h5-8H2,1-4H3,(H,12,16)(H,14,15). The lowest BCUT2D eigenvalue weighted by molar-refractivity contribution is -0.144. The molecule has 19 heavy (non-hydrogen) atoms. The summed E-state index contributed by atoms with van der Waals surface area (Å²) in [5, 5.41) is 11.5. The second-order valence-electron chi connectivity index (χ2n) is 4.87. The normalized spacial score (nSPS) is 14.5. The minimum absolute atomic E-state index is 0.0203. The lowest BCUT2D eigenvalue weighted by Gasteiger charge is -2.28. The number of hydrogen-bond donors (Lipinski definition) is 2. The van der Waals surface area contributed by atoms with Crippen molar-refractivity contribution < 1.29 is 23.1 Å². The highest BCUT2D eigenvalue weighted by atomic mass is 32.2. The molecular formula is C11H22N2O5S. The van der Waals surface area contributed by atoms with Crippen molar-refractivity contribution in [3.05, 3.63) is 0 Å². The van der Waals surface area contributed by atoms with Crippen LogP contribution in [0.5, 0.6) is 0 Å². The maximum absolute atomic E-state index is 11.8. The van der Waals surface area contributed by atoms with Gasteiger partial charge in [0.2, 0.25) is 0 Å². The second-order valence-corrected chi connectivity index (χ2v) is 7.13. The van der Waals surface area contributed by atoms with E-state index in [2.05, 4.69) is 5.32 Å². The average molecular weight is 294 g/mol. The van der Waals surface area contributed by atoms with Crippen molar-refractivity contribution >= 4 is 21.8 Å². The molecule has 112 valence electrons.